The molecule has 3 unspecified atom stereocenters. The van der Waals surface area contributed by atoms with Gasteiger partial charge >= 0.3 is 0 Å². The lowest BCUT2D eigenvalue weighted by molar-refractivity contribution is 0.168. The van der Waals surface area contributed by atoms with Gasteiger partial charge in [-0.15, -0.1) is 11.3 Å². The van der Waals surface area contributed by atoms with Crippen LogP contribution >= 0.6 is 11.3 Å². The van der Waals surface area contributed by atoms with E-state index in [0.717, 1.165) is 6.42 Å². The van der Waals surface area contributed by atoms with Crippen LogP contribution in [0.4, 0.5) is 0 Å². The predicted molar refractivity (Wildman–Crippen MR) is 82.5 cm³/mol. The normalized spacial score (nSPS) is 16.4. The summed E-state index contributed by atoms with van der Waals surface area (Å²) >= 11 is 1.75. The molecule has 0 bridgehead atoms. The van der Waals surface area contributed by atoms with Gasteiger partial charge in [0.15, 0.2) is 0 Å². The predicted octanol–water partition coefficient (Wildman–Crippen LogP) is 2.65. The SMILES string of the molecule is CC(O)CC(C)NC(CN)c1csc2ccccc12. The summed E-state index contributed by atoms with van der Waals surface area (Å²) in [5, 5.41) is 16.4. The molecular formula is C15H22N2OS. The van der Waals surface area contributed by atoms with E-state index in [0.29, 0.717) is 6.54 Å². The van der Waals surface area contributed by atoms with Crippen LogP contribution in [0, 0.1) is 0 Å². The largest absolute Gasteiger partial charge is 0.393 e. The fourth-order valence-electron chi connectivity index (χ4n) is 2.48. The number of nitrogens with one attached hydrogen (secondary N) is 1. The minimum Gasteiger partial charge on any atom is -0.393 e. The highest BCUT2D eigenvalue weighted by Crippen LogP contribution is 2.30. The molecule has 0 radical (unpaired) electrons. The van der Waals surface area contributed by atoms with Crippen molar-refractivity contribution in [2.24, 2.45) is 5.73 Å². The van der Waals surface area contributed by atoms with Gasteiger partial charge in [-0.1, -0.05) is 18.2 Å². The van der Waals surface area contributed by atoms with E-state index < -0.39 is 0 Å². The van der Waals surface area contributed by atoms with Crippen molar-refractivity contribution in [3.8, 4) is 0 Å². The van der Waals surface area contributed by atoms with E-state index in [-0.39, 0.29) is 18.2 Å². The summed E-state index contributed by atoms with van der Waals surface area (Å²) in [6.45, 7) is 4.46. The molecule has 0 spiro atoms. The third kappa shape index (κ3) is 3.54. The van der Waals surface area contributed by atoms with Crippen LogP contribution in [0.25, 0.3) is 10.1 Å². The summed E-state index contributed by atoms with van der Waals surface area (Å²) in [5.74, 6) is 0. The van der Waals surface area contributed by atoms with E-state index in [4.69, 9.17) is 5.73 Å². The molecule has 4 N–H and O–H groups in total. The second-order valence-corrected chi connectivity index (χ2v) is 6.04. The van der Waals surface area contributed by atoms with Crippen molar-refractivity contribution in [2.75, 3.05) is 6.54 Å². The van der Waals surface area contributed by atoms with Gasteiger partial charge < -0.3 is 16.2 Å². The van der Waals surface area contributed by atoms with E-state index in [1.165, 1.54) is 15.6 Å². The maximum Gasteiger partial charge on any atom is 0.0526 e. The Kier molecular flexibility index (Phi) is 4.93. The van der Waals surface area contributed by atoms with Crippen molar-refractivity contribution >= 4 is 21.4 Å². The van der Waals surface area contributed by atoms with Gasteiger partial charge in [-0.05, 0) is 42.7 Å². The number of aliphatic hydroxyl groups excluding tert-OH is 1. The van der Waals surface area contributed by atoms with Gasteiger partial charge in [0.25, 0.3) is 0 Å². The number of hydrogen-bond acceptors (Lipinski definition) is 4. The summed E-state index contributed by atoms with van der Waals surface area (Å²) < 4.78 is 1.29. The number of rotatable bonds is 6. The maximum atomic E-state index is 9.44. The molecule has 19 heavy (non-hydrogen) atoms. The average molecular weight is 278 g/mol. The van der Waals surface area contributed by atoms with Crippen LogP contribution in [0.5, 0.6) is 0 Å². The van der Waals surface area contributed by atoms with Crippen molar-refractivity contribution in [2.45, 2.75) is 38.5 Å². The van der Waals surface area contributed by atoms with Crippen LogP contribution in [0.2, 0.25) is 0 Å². The van der Waals surface area contributed by atoms with Crippen LogP contribution in [-0.2, 0) is 0 Å². The molecule has 1 aromatic heterocycles. The second kappa shape index (κ2) is 6.48. The first-order valence-electron chi connectivity index (χ1n) is 6.72. The highest BCUT2D eigenvalue weighted by molar-refractivity contribution is 7.17. The van der Waals surface area contributed by atoms with E-state index in [1.54, 1.807) is 11.3 Å². The lowest BCUT2D eigenvalue weighted by Crippen LogP contribution is -2.36. The molecule has 3 nitrogen and oxygen atoms in total. The highest BCUT2D eigenvalue weighted by Gasteiger charge is 2.17. The molecule has 1 heterocycles. The molecule has 4 heteroatoms. The summed E-state index contributed by atoms with van der Waals surface area (Å²) in [6, 6.07) is 8.79. The van der Waals surface area contributed by atoms with Crippen molar-refractivity contribution in [3.05, 3.63) is 35.2 Å². The van der Waals surface area contributed by atoms with Gasteiger partial charge in [-0.25, -0.2) is 0 Å². The zero-order valence-corrected chi connectivity index (χ0v) is 12.3. The zero-order valence-electron chi connectivity index (χ0n) is 11.5. The number of aliphatic hydroxyl groups is 1. The molecule has 0 fully saturated rings. The maximum absolute atomic E-state index is 9.44. The Hall–Kier alpha value is -0.940. The summed E-state index contributed by atoms with van der Waals surface area (Å²) in [4.78, 5) is 0. The average Bonchev–Trinajstić information content (AvgIpc) is 2.79. The molecular weight excluding hydrogens is 256 g/mol. The Morgan fingerprint density at radius 2 is 2.05 bits per heavy atom. The quantitative estimate of drug-likeness (QED) is 0.761. The topological polar surface area (TPSA) is 58.3 Å². The van der Waals surface area contributed by atoms with Crippen molar-refractivity contribution in [1.82, 2.24) is 5.32 Å². The van der Waals surface area contributed by atoms with E-state index >= 15 is 0 Å². The Morgan fingerprint density at radius 3 is 2.74 bits per heavy atom. The van der Waals surface area contributed by atoms with Gasteiger partial charge in [0.05, 0.1) is 6.10 Å². The summed E-state index contributed by atoms with van der Waals surface area (Å²) in [6.07, 6.45) is 0.443. The Labute approximate surface area is 118 Å². The van der Waals surface area contributed by atoms with E-state index in [1.807, 2.05) is 6.92 Å². The minimum atomic E-state index is -0.292. The highest BCUT2D eigenvalue weighted by atomic mass is 32.1. The molecule has 0 saturated carbocycles. The molecule has 0 aliphatic heterocycles. The molecule has 2 aromatic rings. The fourth-order valence-corrected chi connectivity index (χ4v) is 3.49. The monoisotopic (exact) mass is 278 g/mol. The lowest BCUT2D eigenvalue weighted by atomic mass is 10.0. The van der Waals surface area contributed by atoms with Gasteiger partial charge in [0, 0.05) is 23.3 Å². The van der Waals surface area contributed by atoms with Gasteiger partial charge in [0.2, 0.25) is 0 Å². The standard InChI is InChI=1S/C15H22N2OS/c1-10(7-11(2)18)17-14(8-16)13-9-19-15-6-4-3-5-12(13)15/h3-6,9-11,14,17-18H,7-8,16H2,1-2H3. The second-order valence-electron chi connectivity index (χ2n) is 5.13. The first kappa shape index (κ1) is 14.5. The first-order valence-corrected chi connectivity index (χ1v) is 7.60. The molecule has 2 rings (SSSR count). The van der Waals surface area contributed by atoms with Crippen molar-refractivity contribution in [1.29, 1.82) is 0 Å². The van der Waals surface area contributed by atoms with Crippen LogP contribution in [0.1, 0.15) is 31.9 Å². The molecule has 104 valence electrons. The lowest BCUT2D eigenvalue weighted by Gasteiger charge is -2.23. The number of benzene rings is 1. The van der Waals surface area contributed by atoms with E-state index in [2.05, 4.69) is 41.9 Å². The minimum absolute atomic E-state index is 0.143. The van der Waals surface area contributed by atoms with Crippen molar-refractivity contribution in [3.63, 3.8) is 0 Å². The van der Waals surface area contributed by atoms with Crippen LogP contribution in [0.15, 0.2) is 29.6 Å². The first-order chi connectivity index (χ1) is 9.11. The molecule has 0 amide bonds. The Balaban J connectivity index is 2.17. The van der Waals surface area contributed by atoms with E-state index in [9.17, 15) is 5.11 Å². The Bertz CT molecular complexity index is 524. The zero-order chi connectivity index (χ0) is 13.8. The number of fused-ring (bicyclic) bond motifs is 1. The third-order valence-corrected chi connectivity index (χ3v) is 4.28. The van der Waals surface area contributed by atoms with Gasteiger partial charge in [-0.2, -0.15) is 0 Å². The molecule has 0 saturated heterocycles. The van der Waals surface area contributed by atoms with Crippen LogP contribution in [0.3, 0.4) is 0 Å². The molecule has 1 aromatic carbocycles. The number of thiophene rings is 1. The summed E-state index contributed by atoms with van der Waals surface area (Å²) in [5.41, 5.74) is 7.18. The smallest absolute Gasteiger partial charge is 0.0526 e. The Morgan fingerprint density at radius 1 is 1.32 bits per heavy atom. The van der Waals surface area contributed by atoms with Crippen LogP contribution in [-0.4, -0.2) is 23.8 Å². The summed E-state index contributed by atoms with van der Waals surface area (Å²) in [7, 11) is 0. The molecule has 3 atom stereocenters. The number of nitrogens with two attached hydrogens (primary N) is 1. The van der Waals surface area contributed by atoms with Gasteiger partial charge in [-0.3, -0.25) is 0 Å². The fraction of sp³-hybridized carbons (Fsp3) is 0.467. The van der Waals surface area contributed by atoms with Crippen LogP contribution < -0.4 is 11.1 Å². The van der Waals surface area contributed by atoms with Crippen molar-refractivity contribution < 1.29 is 5.11 Å². The number of hydrogen-bond donors (Lipinski definition) is 3. The van der Waals surface area contributed by atoms with Gasteiger partial charge in [0.1, 0.15) is 0 Å². The molecule has 0 aliphatic rings. The molecule has 0 aliphatic carbocycles. The third-order valence-electron chi connectivity index (χ3n) is 3.30.